The number of hydrogen-bond donors (Lipinski definition) is 1. The van der Waals surface area contributed by atoms with E-state index in [1.54, 1.807) is 0 Å². The second-order valence-electron chi connectivity index (χ2n) is 4.28. The summed E-state index contributed by atoms with van der Waals surface area (Å²) in [5.41, 5.74) is 7.73. The van der Waals surface area contributed by atoms with Crippen LogP contribution in [0.3, 0.4) is 0 Å². The molecule has 0 atom stereocenters. The summed E-state index contributed by atoms with van der Waals surface area (Å²) in [6, 6.07) is 8.34. The molecule has 0 aliphatic rings. The smallest absolute Gasteiger partial charge is 0.134 e. The lowest BCUT2D eigenvalue weighted by Gasteiger charge is -2.12. The van der Waals surface area contributed by atoms with Crippen molar-refractivity contribution in [1.29, 1.82) is 0 Å². The highest BCUT2D eigenvalue weighted by atomic mass is 16.3. The zero-order valence-corrected chi connectivity index (χ0v) is 9.86. The maximum atomic E-state index is 5.76. The molecule has 0 aliphatic carbocycles. The van der Waals surface area contributed by atoms with Crippen LogP contribution in [0.2, 0.25) is 0 Å². The standard InChI is InChI=1S/C13H18N2O/c1-10-3-4-13-11(7-10)8-12(16-13)9-15(2)6-5-14/h3-4,7-8H,5-6,9,14H2,1-2H3. The number of likely N-dealkylation sites (N-methyl/N-ethyl adjacent to an activating group) is 1. The molecular formula is C13H18N2O. The minimum Gasteiger partial charge on any atom is -0.460 e. The van der Waals surface area contributed by atoms with Crippen LogP contribution in [0.25, 0.3) is 11.0 Å². The molecule has 2 N–H and O–H groups in total. The van der Waals surface area contributed by atoms with E-state index < -0.39 is 0 Å². The monoisotopic (exact) mass is 218 g/mol. The van der Waals surface area contributed by atoms with Gasteiger partial charge in [0.15, 0.2) is 0 Å². The van der Waals surface area contributed by atoms with Gasteiger partial charge in [-0.1, -0.05) is 11.6 Å². The Bertz CT molecular complexity index is 476. The van der Waals surface area contributed by atoms with E-state index in [0.29, 0.717) is 6.54 Å². The van der Waals surface area contributed by atoms with Gasteiger partial charge in [-0.25, -0.2) is 0 Å². The summed E-state index contributed by atoms with van der Waals surface area (Å²) < 4.78 is 5.76. The maximum absolute atomic E-state index is 5.76. The fraction of sp³-hybridized carbons (Fsp3) is 0.385. The first-order chi connectivity index (χ1) is 7.69. The Morgan fingerprint density at radius 2 is 2.12 bits per heavy atom. The van der Waals surface area contributed by atoms with Gasteiger partial charge in [-0.2, -0.15) is 0 Å². The number of aryl methyl sites for hydroxylation is 1. The first-order valence-corrected chi connectivity index (χ1v) is 5.57. The summed E-state index contributed by atoms with van der Waals surface area (Å²) in [6.07, 6.45) is 0. The summed E-state index contributed by atoms with van der Waals surface area (Å²) in [6.45, 7) is 4.46. The number of nitrogens with two attached hydrogens (primary N) is 1. The van der Waals surface area contributed by atoms with Gasteiger partial charge in [0.2, 0.25) is 0 Å². The van der Waals surface area contributed by atoms with Gasteiger partial charge in [-0.05, 0) is 32.2 Å². The Hall–Kier alpha value is -1.32. The number of benzene rings is 1. The predicted octanol–water partition coefficient (Wildman–Crippen LogP) is 2.13. The van der Waals surface area contributed by atoms with Crippen LogP contribution in [0.1, 0.15) is 11.3 Å². The molecule has 0 bridgehead atoms. The van der Waals surface area contributed by atoms with Crippen molar-refractivity contribution in [3.05, 3.63) is 35.6 Å². The third kappa shape index (κ3) is 2.43. The number of fused-ring (bicyclic) bond motifs is 1. The lowest BCUT2D eigenvalue weighted by atomic mass is 10.2. The molecule has 2 aromatic rings. The first kappa shape index (κ1) is 11.2. The molecule has 3 heteroatoms. The van der Waals surface area contributed by atoms with E-state index in [4.69, 9.17) is 10.2 Å². The fourth-order valence-electron chi connectivity index (χ4n) is 1.86. The topological polar surface area (TPSA) is 42.4 Å². The molecule has 0 amide bonds. The molecule has 2 rings (SSSR count). The van der Waals surface area contributed by atoms with E-state index in [1.165, 1.54) is 10.9 Å². The molecule has 0 spiro atoms. The Morgan fingerprint density at radius 3 is 2.88 bits per heavy atom. The quantitative estimate of drug-likeness (QED) is 0.854. The van der Waals surface area contributed by atoms with Gasteiger partial charge in [-0.15, -0.1) is 0 Å². The number of nitrogens with zero attached hydrogens (tertiary/aromatic N) is 1. The minimum atomic E-state index is 0.676. The van der Waals surface area contributed by atoms with E-state index in [1.807, 2.05) is 13.1 Å². The normalized spacial score (nSPS) is 11.5. The average molecular weight is 218 g/mol. The summed E-state index contributed by atoms with van der Waals surface area (Å²) >= 11 is 0. The van der Waals surface area contributed by atoms with Crippen LogP contribution in [-0.2, 0) is 6.54 Å². The second kappa shape index (κ2) is 4.68. The maximum Gasteiger partial charge on any atom is 0.134 e. The van der Waals surface area contributed by atoms with E-state index in [0.717, 1.165) is 24.4 Å². The largest absolute Gasteiger partial charge is 0.460 e. The van der Waals surface area contributed by atoms with Crippen LogP contribution in [-0.4, -0.2) is 25.0 Å². The third-order valence-corrected chi connectivity index (χ3v) is 2.66. The van der Waals surface area contributed by atoms with E-state index in [-0.39, 0.29) is 0 Å². The zero-order valence-electron chi connectivity index (χ0n) is 9.86. The SMILES string of the molecule is Cc1ccc2oc(CN(C)CCN)cc2c1. The second-order valence-corrected chi connectivity index (χ2v) is 4.28. The molecule has 0 unspecified atom stereocenters. The Morgan fingerprint density at radius 1 is 1.31 bits per heavy atom. The molecule has 1 aromatic heterocycles. The van der Waals surface area contributed by atoms with Crippen molar-refractivity contribution >= 4 is 11.0 Å². The van der Waals surface area contributed by atoms with Crippen molar-refractivity contribution in [2.75, 3.05) is 20.1 Å². The highest BCUT2D eigenvalue weighted by Gasteiger charge is 2.06. The van der Waals surface area contributed by atoms with Gasteiger partial charge < -0.3 is 10.2 Å². The van der Waals surface area contributed by atoms with Crippen molar-refractivity contribution in [2.45, 2.75) is 13.5 Å². The molecule has 0 radical (unpaired) electrons. The molecule has 0 saturated heterocycles. The van der Waals surface area contributed by atoms with Crippen LogP contribution in [0.15, 0.2) is 28.7 Å². The van der Waals surface area contributed by atoms with Crippen molar-refractivity contribution < 1.29 is 4.42 Å². The molecule has 0 fully saturated rings. The van der Waals surface area contributed by atoms with Crippen LogP contribution in [0, 0.1) is 6.92 Å². The number of hydrogen-bond acceptors (Lipinski definition) is 3. The van der Waals surface area contributed by atoms with Gasteiger partial charge in [0.25, 0.3) is 0 Å². The van der Waals surface area contributed by atoms with Gasteiger partial charge >= 0.3 is 0 Å². The van der Waals surface area contributed by atoms with Crippen LogP contribution < -0.4 is 5.73 Å². The van der Waals surface area contributed by atoms with Gasteiger partial charge in [-0.3, -0.25) is 4.90 Å². The Kier molecular flexibility index (Phi) is 3.27. The molecule has 86 valence electrons. The number of furan rings is 1. The van der Waals surface area contributed by atoms with Crippen LogP contribution in [0.4, 0.5) is 0 Å². The van der Waals surface area contributed by atoms with Crippen LogP contribution >= 0.6 is 0 Å². The predicted molar refractivity (Wildman–Crippen MR) is 66.3 cm³/mol. The highest BCUT2D eigenvalue weighted by molar-refractivity contribution is 5.78. The lowest BCUT2D eigenvalue weighted by molar-refractivity contribution is 0.307. The summed E-state index contributed by atoms with van der Waals surface area (Å²) in [5.74, 6) is 0.997. The zero-order chi connectivity index (χ0) is 11.5. The van der Waals surface area contributed by atoms with Gasteiger partial charge in [0, 0.05) is 18.5 Å². The first-order valence-electron chi connectivity index (χ1n) is 5.57. The molecule has 1 aromatic carbocycles. The molecule has 0 aliphatic heterocycles. The number of rotatable bonds is 4. The van der Waals surface area contributed by atoms with Crippen molar-refractivity contribution in [3.8, 4) is 0 Å². The average Bonchev–Trinajstić information content (AvgIpc) is 2.59. The molecule has 16 heavy (non-hydrogen) atoms. The van der Waals surface area contributed by atoms with E-state index >= 15 is 0 Å². The molecule has 3 nitrogen and oxygen atoms in total. The summed E-state index contributed by atoms with van der Waals surface area (Å²) in [5, 5.41) is 1.18. The Balaban J connectivity index is 2.19. The van der Waals surface area contributed by atoms with Crippen molar-refractivity contribution in [1.82, 2.24) is 4.90 Å². The van der Waals surface area contributed by atoms with E-state index in [9.17, 15) is 0 Å². The Labute approximate surface area is 95.8 Å². The molecule has 0 saturated carbocycles. The van der Waals surface area contributed by atoms with Gasteiger partial charge in [0.1, 0.15) is 11.3 Å². The minimum absolute atomic E-state index is 0.676. The highest BCUT2D eigenvalue weighted by Crippen LogP contribution is 2.21. The molecular weight excluding hydrogens is 200 g/mol. The van der Waals surface area contributed by atoms with Crippen LogP contribution in [0.5, 0.6) is 0 Å². The fourth-order valence-corrected chi connectivity index (χ4v) is 1.86. The lowest BCUT2D eigenvalue weighted by Crippen LogP contribution is -2.24. The van der Waals surface area contributed by atoms with E-state index in [2.05, 4.69) is 30.0 Å². The summed E-state index contributed by atoms with van der Waals surface area (Å²) in [4.78, 5) is 2.16. The summed E-state index contributed by atoms with van der Waals surface area (Å²) in [7, 11) is 2.05. The third-order valence-electron chi connectivity index (χ3n) is 2.66. The van der Waals surface area contributed by atoms with Gasteiger partial charge in [0.05, 0.1) is 6.54 Å². The molecule has 1 heterocycles. The van der Waals surface area contributed by atoms with Crippen molar-refractivity contribution in [3.63, 3.8) is 0 Å². The van der Waals surface area contributed by atoms with Crippen molar-refractivity contribution in [2.24, 2.45) is 5.73 Å².